The summed E-state index contributed by atoms with van der Waals surface area (Å²) in [7, 11) is -4.68. The average Bonchev–Trinajstić information content (AvgIpc) is 3.16. The van der Waals surface area contributed by atoms with Crippen LogP contribution < -0.4 is 0 Å². The van der Waals surface area contributed by atoms with Gasteiger partial charge < -0.3 is 9.31 Å². The molecular formula is C20H21BN2O5S. The molecule has 1 aromatic carbocycles. The van der Waals surface area contributed by atoms with Gasteiger partial charge in [0.25, 0.3) is 5.91 Å². The number of benzene rings is 1. The third kappa shape index (κ3) is 3.04. The third-order valence-corrected chi connectivity index (χ3v) is 7.54. The Kier molecular flexibility index (Phi) is 4.35. The fourth-order valence-electron chi connectivity index (χ4n) is 3.30. The van der Waals surface area contributed by atoms with E-state index in [1.54, 1.807) is 25.1 Å². The molecule has 29 heavy (non-hydrogen) atoms. The highest BCUT2D eigenvalue weighted by atomic mass is 32.2. The molecule has 3 heterocycles. The first-order chi connectivity index (χ1) is 13.4. The summed E-state index contributed by atoms with van der Waals surface area (Å²) in [5.74, 6) is -0.591. The van der Waals surface area contributed by atoms with Crippen LogP contribution in [-0.4, -0.2) is 44.6 Å². The van der Waals surface area contributed by atoms with Gasteiger partial charge in [0.05, 0.1) is 16.1 Å². The van der Waals surface area contributed by atoms with Crippen molar-refractivity contribution in [1.29, 1.82) is 0 Å². The zero-order valence-electron chi connectivity index (χ0n) is 16.9. The van der Waals surface area contributed by atoms with Gasteiger partial charge >= 0.3 is 7.12 Å². The van der Waals surface area contributed by atoms with Gasteiger partial charge in [-0.3, -0.25) is 4.79 Å². The molecule has 0 atom stereocenters. The second kappa shape index (κ2) is 6.32. The molecule has 9 heteroatoms. The normalized spacial score (nSPS) is 22.7. The summed E-state index contributed by atoms with van der Waals surface area (Å²) in [5, 5.41) is -0.190. The maximum absolute atomic E-state index is 13.1. The summed E-state index contributed by atoms with van der Waals surface area (Å²) in [6.07, 6.45) is 2.78. The Bertz CT molecular complexity index is 1140. The number of carbonyl (C=O) groups excluding carboxylic acids is 1. The lowest BCUT2D eigenvalue weighted by atomic mass is 9.74. The van der Waals surface area contributed by atoms with Crippen molar-refractivity contribution >= 4 is 34.8 Å². The van der Waals surface area contributed by atoms with Crippen LogP contribution >= 0.6 is 0 Å². The highest BCUT2D eigenvalue weighted by Gasteiger charge is 2.53. The lowest BCUT2D eigenvalue weighted by Gasteiger charge is -2.32. The Labute approximate surface area is 170 Å². The van der Waals surface area contributed by atoms with E-state index in [0.29, 0.717) is 16.6 Å². The quantitative estimate of drug-likeness (QED) is 0.712. The topological polar surface area (TPSA) is 94.4 Å². The number of carbonyl (C=O) groups is 1. The molecule has 0 spiro atoms. The first-order valence-electron chi connectivity index (χ1n) is 9.24. The summed E-state index contributed by atoms with van der Waals surface area (Å²) in [6, 6.07) is 6.65. The number of hydrogen-bond donors (Lipinski definition) is 0. The van der Waals surface area contributed by atoms with Crippen molar-refractivity contribution in [2.24, 2.45) is 9.98 Å². The van der Waals surface area contributed by atoms with E-state index in [1.165, 1.54) is 18.4 Å². The monoisotopic (exact) mass is 412 g/mol. The van der Waals surface area contributed by atoms with Gasteiger partial charge in [-0.2, -0.15) is 0 Å². The molecule has 0 unspecified atom stereocenters. The van der Waals surface area contributed by atoms with Crippen LogP contribution in [0.3, 0.4) is 0 Å². The second-order valence-corrected chi connectivity index (χ2v) is 10.1. The van der Waals surface area contributed by atoms with E-state index in [-0.39, 0.29) is 15.6 Å². The van der Waals surface area contributed by atoms with Crippen LogP contribution in [0.25, 0.3) is 0 Å². The minimum atomic E-state index is -3.89. The highest BCUT2D eigenvalue weighted by Crippen LogP contribution is 2.40. The van der Waals surface area contributed by atoms with Crippen LogP contribution in [0.1, 0.15) is 33.3 Å². The minimum Gasteiger partial charge on any atom is -0.399 e. The van der Waals surface area contributed by atoms with E-state index < -0.39 is 34.1 Å². The fourth-order valence-corrected chi connectivity index (χ4v) is 4.76. The minimum absolute atomic E-state index is 0.00984. The molecule has 150 valence electrons. The highest BCUT2D eigenvalue weighted by molar-refractivity contribution is 7.95. The van der Waals surface area contributed by atoms with Crippen molar-refractivity contribution in [3.63, 3.8) is 0 Å². The third-order valence-electron chi connectivity index (χ3n) is 5.75. The SMILES string of the molecule is Cc1ccccc1S(=O)(=O)C1=CC2=C(B3OC(C)(C)C(C)(C)O3)C=NC(=O)C2=N1. The number of allylic oxidation sites excluding steroid dienone is 2. The Hall–Kier alpha value is -2.36. The van der Waals surface area contributed by atoms with Gasteiger partial charge in [-0.15, -0.1) is 0 Å². The predicted octanol–water partition coefficient (Wildman–Crippen LogP) is 2.60. The number of aliphatic imine (C=N–C) groups is 2. The Morgan fingerprint density at radius 2 is 1.66 bits per heavy atom. The molecule has 0 bridgehead atoms. The molecule has 1 amide bonds. The molecule has 0 N–H and O–H groups in total. The van der Waals surface area contributed by atoms with Crippen molar-refractivity contribution < 1.29 is 22.5 Å². The molecule has 0 radical (unpaired) electrons. The number of rotatable bonds is 3. The van der Waals surface area contributed by atoms with E-state index in [1.807, 2.05) is 27.7 Å². The van der Waals surface area contributed by atoms with Crippen molar-refractivity contribution in [3.8, 4) is 0 Å². The molecule has 0 aliphatic carbocycles. The molecule has 1 fully saturated rings. The van der Waals surface area contributed by atoms with E-state index in [4.69, 9.17) is 9.31 Å². The largest absolute Gasteiger partial charge is 0.497 e. The van der Waals surface area contributed by atoms with E-state index in [9.17, 15) is 13.2 Å². The standard InChI is InChI=1S/C20H21BN2O5S/c1-12-8-6-7-9-15(12)29(25,26)16-10-13-14(11-22-18(24)17(13)23-16)21-27-19(2,3)20(4,5)28-21/h6-11H,1-5H3. The van der Waals surface area contributed by atoms with E-state index in [2.05, 4.69) is 9.98 Å². The summed E-state index contributed by atoms with van der Waals surface area (Å²) >= 11 is 0. The maximum atomic E-state index is 13.1. The number of dihydropyridines is 1. The number of hydrogen-bond acceptors (Lipinski definition) is 6. The summed E-state index contributed by atoms with van der Waals surface area (Å²) < 4.78 is 38.4. The average molecular weight is 412 g/mol. The van der Waals surface area contributed by atoms with Crippen molar-refractivity contribution in [3.05, 3.63) is 52.0 Å². The van der Waals surface area contributed by atoms with Gasteiger partial charge in [0.1, 0.15) is 5.71 Å². The zero-order chi connectivity index (χ0) is 21.2. The summed E-state index contributed by atoms with van der Waals surface area (Å²) in [6.45, 7) is 9.37. The van der Waals surface area contributed by atoms with Crippen LogP contribution in [0.5, 0.6) is 0 Å². The molecule has 0 aromatic heterocycles. The molecule has 1 aromatic rings. The molecule has 0 saturated carbocycles. The lowest BCUT2D eigenvalue weighted by Crippen LogP contribution is -2.41. The molecule has 4 rings (SSSR count). The first kappa shape index (κ1) is 19.9. The van der Waals surface area contributed by atoms with E-state index >= 15 is 0 Å². The van der Waals surface area contributed by atoms with Crippen molar-refractivity contribution in [1.82, 2.24) is 0 Å². The Balaban J connectivity index is 1.81. The summed E-state index contributed by atoms with van der Waals surface area (Å²) in [4.78, 5) is 20.4. The predicted molar refractivity (Wildman–Crippen MR) is 110 cm³/mol. The van der Waals surface area contributed by atoms with Crippen molar-refractivity contribution in [2.75, 3.05) is 0 Å². The lowest BCUT2D eigenvalue weighted by molar-refractivity contribution is -0.111. The fraction of sp³-hybridized carbons (Fsp3) is 0.350. The van der Waals surface area contributed by atoms with Crippen LogP contribution in [0.15, 0.2) is 61.3 Å². The van der Waals surface area contributed by atoms with Gasteiger partial charge in [0, 0.05) is 17.3 Å². The first-order valence-corrected chi connectivity index (χ1v) is 10.7. The Morgan fingerprint density at radius 1 is 1.03 bits per heavy atom. The van der Waals surface area contributed by atoms with Crippen LogP contribution in [0.4, 0.5) is 0 Å². The molecule has 1 saturated heterocycles. The van der Waals surface area contributed by atoms with E-state index in [0.717, 1.165) is 0 Å². The molecule has 7 nitrogen and oxygen atoms in total. The van der Waals surface area contributed by atoms with Crippen LogP contribution in [0.2, 0.25) is 0 Å². The number of amides is 1. The van der Waals surface area contributed by atoms with Gasteiger partial charge in [0.2, 0.25) is 9.84 Å². The second-order valence-electron chi connectivity index (χ2n) is 8.23. The van der Waals surface area contributed by atoms with Crippen LogP contribution in [0, 0.1) is 6.92 Å². The van der Waals surface area contributed by atoms with Gasteiger partial charge in [-0.1, -0.05) is 18.2 Å². The zero-order valence-corrected chi connectivity index (χ0v) is 17.7. The number of fused-ring (bicyclic) bond motifs is 1. The van der Waals surface area contributed by atoms with Crippen LogP contribution in [-0.2, 0) is 23.9 Å². The van der Waals surface area contributed by atoms with Crippen molar-refractivity contribution in [2.45, 2.75) is 50.7 Å². The maximum Gasteiger partial charge on any atom is 0.497 e. The molecular weight excluding hydrogens is 391 g/mol. The van der Waals surface area contributed by atoms with Gasteiger partial charge in [-0.05, 0) is 52.3 Å². The molecule has 3 aliphatic heterocycles. The smallest absolute Gasteiger partial charge is 0.399 e. The number of aryl methyl sites for hydroxylation is 1. The number of sulfone groups is 1. The number of nitrogens with zero attached hydrogens (tertiary/aromatic N) is 2. The van der Waals surface area contributed by atoms with Gasteiger partial charge in [0.15, 0.2) is 5.03 Å². The van der Waals surface area contributed by atoms with Gasteiger partial charge in [-0.25, -0.2) is 18.4 Å². The summed E-state index contributed by atoms with van der Waals surface area (Å²) in [5.41, 5.74) is 0.273. The Morgan fingerprint density at radius 3 is 2.28 bits per heavy atom. The molecule has 3 aliphatic rings.